The number of ether oxygens (including phenoxy) is 4. The number of aromatic nitrogens is 3. The molecule has 0 radical (unpaired) electrons. The topological polar surface area (TPSA) is 105 Å². The van der Waals surface area contributed by atoms with Crippen molar-refractivity contribution < 1.29 is 23.7 Å². The molecule has 4 heterocycles. The fourth-order valence-corrected chi connectivity index (χ4v) is 7.93. The Balaban J connectivity index is 1.07. The first-order valence-electron chi connectivity index (χ1n) is 18.0. The Bertz CT molecular complexity index is 1900. The van der Waals surface area contributed by atoms with E-state index in [4.69, 9.17) is 23.9 Å². The number of H-pyrrole nitrogens is 1. The van der Waals surface area contributed by atoms with E-state index in [-0.39, 0.29) is 11.3 Å². The maximum atomic E-state index is 14.0. The highest BCUT2D eigenvalue weighted by Crippen LogP contribution is 2.42. The first-order chi connectivity index (χ1) is 25.4. The number of hydrogen-bond donors (Lipinski definition) is 1. The first kappa shape index (κ1) is 35.1. The second-order valence-corrected chi connectivity index (χ2v) is 13.8. The van der Waals surface area contributed by atoms with Crippen molar-refractivity contribution in [3.05, 3.63) is 102 Å². The van der Waals surface area contributed by atoms with Gasteiger partial charge in [0.25, 0.3) is 5.91 Å². The van der Waals surface area contributed by atoms with Crippen molar-refractivity contribution in [3.8, 4) is 23.0 Å². The molecule has 272 valence electrons. The van der Waals surface area contributed by atoms with Crippen LogP contribution < -0.4 is 23.8 Å². The zero-order valence-electron chi connectivity index (χ0n) is 30.5. The fourth-order valence-electron chi connectivity index (χ4n) is 7.93. The summed E-state index contributed by atoms with van der Waals surface area (Å²) in [6, 6.07) is 24.6. The Morgan fingerprint density at radius 2 is 1.65 bits per heavy atom. The number of imidazole rings is 1. The van der Waals surface area contributed by atoms with Crippen LogP contribution in [0.5, 0.6) is 23.0 Å². The number of nitrogens with one attached hydrogen (secondary N) is 1. The molecule has 1 unspecified atom stereocenters. The Hall–Kier alpha value is -5.29. The number of fused-ring (bicyclic) bond motifs is 1. The lowest BCUT2D eigenvalue weighted by atomic mass is 9.76. The predicted octanol–water partition coefficient (Wildman–Crippen LogP) is 6.34. The van der Waals surface area contributed by atoms with Gasteiger partial charge in [0, 0.05) is 62.1 Å². The largest absolute Gasteiger partial charge is 0.497 e. The van der Waals surface area contributed by atoms with Crippen molar-refractivity contribution in [2.75, 3.05) is 66.1 Å². The molecule has 1 amide bonds. The van der Waals surface area contributed by atoms with E-state index in [9.17, 15) is 4.79 Å². The number of carbonyl (C=O) groups excluding carboxylic acids is 1. The van der Waals surface area contributed by atoms with Gasteiger partial charge in [-0.25, -0.2) is 4.98 Å². The monoisotopic (exact) mass is 704 g/mol. The number of benzene rings is 3. The average Bonchev–Trinajstić information content (AvgIpc) is 3.85. The molecule has 2 saturated heterocycles. The molecule has 2 aromatic heterocycles. The number of methoxy groups -OCH3 is 4. The van der Waals surface area contributed by atoms with Gasteiger partial charge in [0.1, 0.15) is 5.75 Å². The highest BCUT2D eigenvalue weighted by Gasteiger charge is 2.42. The summed E-state index contributed by atoms with van der Waals surface area (Å²) in [5.41, 5.74) is 4.74. The van der Waals surface area contributed by atoms with Gasteiger partial charge >= 0.3 is 0 Å². The van der Waals surface area contributed by atoms with Gasteiger partial charge in [-0.1, -0.05) is 30.3 Å². The van der Waals surface area contributed by atoms with E-state index in [1.54, 1.807) is 40.6 Å². The first-order valence-corrected chi connectivity index (χ1v) is 18.0. The molecule has 11 nitrogen and oxygen atoms in total. The maximum Gasteiger partial charge on any atom is 0.254 e. The fraction of sp³-hybridized carbons (Fsp3) is 0.390. The molecule has 1 atom stereocenters. The Morgan fingerprint density at radius 3 is 2.31 bits per heavy atom. The number of piperidine rings is 1. The second kappa shape index (κ2) is 15.5. The van der Waals surface area contributed by atoms with Crippen molar-refractivity contribution in [2.24, 2.45) is 0 Å². The Kier molecular flexibility index (Phi) is 10.5. The van der Waals surface area contributed by atoms with E-state index in [1.165, 1.54) is 11.1 Å². The Labute approximate surface area is 305 Å². The molecule has 2 fully saturated rings. The highest BCUT2D eigenvalue weighted by atomic mass is 16.5. The van der Waals surface area contributed by atoms with Gasteiger partial charge < -0.3 is 38.6 Å². The summed E-state index contributed by atoms with van der Waals surface area (Å²) in [4.78, 5) is 34.0. The molecule has 0 spiro atoms. The summed E-state index contributed by atoms with van der Waals surface area (Å²) < 4.78 is 22.1. The molecule has 52 heavy (non-hydrogen) atoms. The van der Waals surface area contributed by atoms with E-state index in [0.29, 0.717) is 41.9 Å². The van der Waals surface area contributed by atoms with Gasteiger partial charge in [-0.3, -0.25) is 9.78 Å². The number of pyridine rings is 1. The van der Waals surface area contributed by atoms with E-state index in [0.717, 1.165) is 74.6 Å². The van der Waals surface area contributed by atoms with Crippen LogP contribution in [0.15, 0.2) is 85.2 Å². The molecule has 0 saturated carbocycles. The summed E-state index contributed by atoms with van der Waals surface area (Å²) in [5.74, 6) is 3.09. The number of rotatable bonds is 13. The van der Waals surface area contributed by atoms with Crippen molar-refractivity contribution in [3.63, 3.8) is 0 Å². The quantitative estimate of drug-likeness (QED) is 0.150. The number of likely N-dealkylation sites (tertiary alicyclic amines) is 2. The minimum Gasteiger partial charge on any atom is -0.497 e. The average molecular weight is 705 g/mol. The SMILES string of the molecule is COc1ccc(C2(CCN3CCC(N(Cc4cccnc4)c4nc5ccccc5[nH]4)CC3)CCN(C(=O)c3cc(OC)c(OC)c(OC)c3)C2)cc1. The van der Waals surface area contributed by atoms with Crippen LogP contribution in [-0.2, 0) is 12.0 Å². The number of para-hydroxylation sites is 2. The maximum absolute atomic E-state index is 14.0. The van der Waals surface area contributed by atoms with Crippen LogP contribution in [-0.4, -0.2) is 97.9 Å². The van der Waals surface area contributed by atoms with Crippen LogP contribution in [0.3, 0.4) is 0 Å². The smallest absolute Gasteiger partial charge is 0.254 e. The lowest BCUT2D eigenvalue weighted by Crippen LogP contribution is -2.46. The van der Waals surface area contributed by atoms with Crippen molar-refractivity contribution in [1.82, 2.24) is 24.8 Å². The van der Waals surface area contributed by atoms with E-state index in [1.807, 2.05) is 47.6 Å². The molecule has 2 aliphatic heterocycles. The third-order valence-corrected chi connectivity index (χ3v) is 10.9. The van der Waals surface area contributed by atoms with Crippen molar-refractivity contribution in [2.45, 2.75) is 43.7 Å². The summed E-state index contributed by atoms with van der Waals surface area (Å²) in [6.07, 6.45) is 7.62. The third-order valence-electron chi connectivity index (χ3n) is 10.9. The molecular formula is C41H48N6O5. The number of hydrogen-bond acceptors (Lipinski definition) is 9. The van der Waals surface area contributed by atoms with Gasteiger partial charge in [-0.2, -0.15) is 0 Å². The number of amides is 1. The lowest BCUT2D eigenvalue weighted by Gasteiger charge is -2.40. The van der Waals surface area contributed by atoms with Gasteiger partial charge in [0.2, 0.25) is 11.7 Å². The summed E-state index contributed by atoms with van der Waals surface area (Å²) >= 11 is 0. The standard InChI is InChI=1S/C41H48N6O5/c1-49-33-13-11-31(12-14-33)41(18-23-46(28-41)39(48)30-24-36(50-2)38(52-4)37(25-30)51-3)17-22-45-20-15-32(16-21-45)47(27-29-8-7-19-42-26-29)40-43-34-9-5-6-10-35(34)44-40/h5-14,19,24-26,32H,15-18,20-23,27-28H2,1-4H3,(H,43,44). The van der Waals surface area contributed by atoms with Crippen LogP contribution in [0.1, 0.15) is 47.2 Å². The molecular weight excluding hydrogens is 656 g/mol. The summed E-state index contributed by atoms with van der Waals surface area (Å²) in [6.45, 7) is 4.94. The van der Waals surface area contributed by atoms with E-state index < -0.39 is 0 Å². The molecule has 3 aromatic carbocycles. The summed E-state index contributed by atoms with van der Waals surface area (Å²) in [7, 11) is 6.38. The normalized spacial score (nSPS) is 18.0. The molecule has 0 aliphatic carbocycles. The predicted molar refractivity (Wildman–Crippen MR) is 202 cm³/mol. The zero-order valence-corrected chi connectivity index (χ0v) is 30.5. The lowest BCUT2D eigenvalue weighted by molar-refractivity contribution is 0.0779. The number of aromatic amines is 1. The molecule has 5 aromatic rings. The molecule has 7 rings (SSSR count). The third kappa shape index (κ3) is 7.23. The van der Waals surface area contributed by atoms with Crippen LogP contribution in [0.25, 0.3) is 11.0 Å². The number of anilines is 1. The van der Waals surface area contributed by atoms with Crippen LogP contribution in [0, 0.1) is 0 Å². The second-order valence-electron chi connectivity index (χ2n) is 13.8. The minimum atomic E-state index is -0.194. The number of nitrogens with zero attached hydrogens (tertiary/aromatic N) is 5. The van der Waals surface area contributed by atoms with Gasteiger partial charge in [-0.15, -0.1) is 0 Å². The molecule has 11 heteroatoms. The van der Waals surface area contributed by atoms with Gasteiger partial charge in [-0.05, 0) is 85.8 Å². The van der Waals surface area contributed by atoms with E-state index >= 15 is 0 Å². The zero-order chi connectivity index (χ0) is 36.1. The van der Waals surface area contributed by atoms with Crippen molar-refractivity contribution in [1.29, 1.82) is 0 Å². The number of carbonyl (C=O) groups is 1. The van der Waals surface area contributed by atoms with Crippen molar-refractivity contribution >= 4 is 22.9 Å². The minimum absolute atomic E-state index is 0.0465. The van der Waals surface area contributed by atoms with Gasteiger partial charge in [0.05, 0.1) is 39.5 Å². The van der Waals surface area contributed by atoms with Gasteiger partial charge in [0.15, 0.2) is 11.5 Å². The highest BCUT2D eigenvalue weighted by molar-refractivity contribution is 5.96. The molecule has 2 aliphatic rings. The molecule has 1 N–H and O–H groups in total. The van der Waals surface area contributed by atoms with Crippen LogP contribution in [0.2, 0.25) is 0 Å². The van der Waals surface area contributed by atoms with Crippen LogP contribution >= 0.6 is 0 Å². The van der Waals surface area contributed by atoms with Crippen LogP contribution in [0.4, 0.5) is 5.95 Å². The Morgan fingerprint density at radius 1 is 0.904 bits per heavy atom. The molecule has 0 bridgehead atoms. The van der Waals surface area contributed by atoms with E-state index in [2.05, 4.69) is 50.1 Å². The summed E-state index contributed by atoms with van der Waals surface area (Å²) in [5, 5.41) is 0.